The summed E-state index contributed by atoms with van der Waals surface area (Å²) in [5.74, 6) is 0. The molecule has 0 aliphatic carbocycles. The van der Waals surface area contributed by atoms with Gasteiger partial charge >= 0.3 is 89.4 Å². The first kappa shape index (κ1) is 13.5. The van der Waals surface area contributed by atoms with E-state index in [1.54, 1.807) is 15.8 Å². The van der Waals surface area contributed by atoms with Crippen molar-refractivity contribution < 1.29 is 1.43 Å². The zero-order chi connectivity index (χ0) is 9.94. The van der Waals surface area contributed by atoms with Crippen molar-refractivity contribution in [1.29, 1.82) is 0 Å². The van der Waals surface area contributed by atoms with Gasteiger partial charge in [0.05, 0.1) is 0 Å². The first-order valence-corrected chi connectivity index (χ1v) is 10.6. The molecule has 0 atom stereocenters. The van der Waals surface area contributed by atoms with Crippen molar-refractivity contribution in [1.82, 2.24) is 0 Å². The molecular formula is C12H28Ge-. The molecule has 0 aromatic heterocycles. The van der Waals surface area contributed by atoms with Crippen LogP contribution in [-0.2, 0) is 0 Å². The van der Waals surface area contributed by atoms with Gasteiger partial charge in [-0.3, -0.25) is 0 Å². The van der Waals surface area contributed by atoms with E-state index < -0.39 is 14.3 Å². The Labute approximate surface area is 91.1 Å². The molecular weight excluding hydrogens is 217 g/mol. The largest absolute Gasteiger partial charge is 1.00 e. The van der Waals surface area contributed by atoms with E-state index in [0.717, 1.165) is 0 Å². The van der Waals surface area contributed by atoms with E-state index in [1.165, 1.54) is 38.5 Å². The maximum atomic E-state index is 2.33. The summed E-state index contributed by atoms with van der Waals surface area (Å²) in [4.78, 5) is 0. The molecule has 1 radical (unpaired) electrons. The van der Waals surface area contributed by atoms with Crippen LogP contribution in [0.15, 0.2) is 0 Å². The number of hydrogen-bond donors (Lipinski definition) is 0. The van der Waals surface area contributed by atoms with Gasteiger partial charge in [-0.1, -0.05) is 0 Å². The summed E-state index contributed by atoms with van der Waals surface area (Å²) < 4.78 is 0. The van der Waals surface area contributed by atoms with E-state index in [4.69, 9.17) is 0 Å². The molecule has 0 heterocycles. The van der Waals surface area contributed by atoms with Crippen LogP contribution < -0.4 is 0 Å². The minimum Gasteiger partial charge on any atom is -1.00 e. The van der Waals surface area contributed by atoms with Gasteiger partial charge in [-0.05, 0) is 0 Å². The Morgan fingerprint density at radius 2 is 1.00 bits per heavy atom. The molecule has 0 aliphatic heterocycles. The van der Waals surface area contributed by atoms with E-state index >= 15 is 0 Å². The molecule has 13 heavy (non-hydrogen) atoms. The third-order valence-corrected chi connectivity index (χ3v) is 9.33. The van der Waals surface area contributed by atoms with Gasteiger partial charge in [0.2, 0.25) is 0 Å². The fraction of sp³-hybridized carbons (Fsp3) is 1.00. The average Bonchev–Trinajstić information content (AvgIpc) is 2.17. The molecule has 1 heteroatoms. The summed E-state index contributed by atoms with van der Waals surface area (Å²) >= 11 is -0.552. The molecule has 0 saturated heterocycles. The van der Waals surface area contributed by atoms with Gasteiger partial charge in [-0.25, -0.2) is 0 Å². The van der Waals surface area contributed by atoms with Gasteiger partial charge in [0.15, 0.2) is 0 Å². The average molecular weight is 245 g/mol. The first-order valence-electron chi connectivity index (χ1n) is 6.18. The van der Waals surface area contributed by atoms with Crippen LogP contribution in [0, 0.1) is 0 Å². The monoisotopic (exact) mass is 246 g/mol. The maximum Gasteiger partial charge on any atom is -1.00 e. The molecule has 0 spiro atoms. The Bertz CT molecular complexity index is 77.3. The summed E-state index contributed by atoms with van der Waals surface area (Å²) in [6, 6.07) is 0. The smallest absolute Gasteiger partial charge is 1.00 e. The van der Waals surface area contributed by atoms with Crippen molar-refractivity contribution in [2.45, 2.75) is 75.1 Å². The topological polar surface area (TPSA) is 0 Å². The Hall–Kier alpha value is 0.543. The van der Waals surface area contributed by atoms with Crippen molar-refractivity contribution >= 4 is 14.3 Å². The quantitative estimate of drug-likeness (QED) is 0.501. The van der Waals surface area contributed by atoms with Crippen molar-refractivity contribution in [3.8, 4) is 0 Å². The van der Waals surface area contributed by atoms with Gasteiger partial charge in [0.25, 0.3) is 0 Å². The second-order valence-electron chi connectivity index (χ2n) is 4.06. The van der Waals surface area contributed by atoms with Crippen molar-refractivity contribution in [3.05, 3.63) is 0 Å². The SMILES string of the molecule is CCC[CH2][Ge]([CH2]CCC)[CH2]CCC.[H-]. The molecule has 81 valence electrons. The standard InChI is InChI=1S/C12H27Ge.H/c1-4-7-10-13(11-8-5-2)12-9-6-3;/h4-12H2,1-3H3;/q;-1. The summed E-state index contributed by atoms with van der Waals surface area (Å²) in [5.41, 5.74) is 0. The Balaban J connectivity index is 0. The summed E-state index contributed by atoms with van der Waals surface area (Å²) in [6.07, 6.45) is 8.78. The molecule has 0 aliphatic rings. The van der Waals surface area contributed by atoms with Crippen LogP contribution in [0.1, 0.15) is 60.7 Å². The molecule has 0 fully saturated rings. The van der Waals surface area contributed by atoms with Crippen LogP contribution in [0.4, 0.5) is 0 Å². The van der Waals surface area contributed by atoms with Crippen LogP contribution in [-0.4, -0.2) is 14.3 Å². The van der Waals surface area contributed by atoms with E-state index in [-0.39, 0.29) is 1.43 Å². The van der Waals surface area contributed by atoms with Crippen LogP contribution in [0.5, 0.6) is 0 Å². The second kappa shape index (κ2) is 10.6. The third kappa shape index (κ3) is 8.86. The maximum absolute atomic E-state index is 2.33. The van der Waals surface area contributed by atoms with Crippen LogP contribution >= 0.6 is 0 Å². The van der Waals surface area contributed by atoms with Gasteiger partial charge in [-0.15, -0.1) is 0 Å². The van der Waals surface area contributed by atoms with E-state index in [2.05, 4.69) is 20.8 Å². The Kier molecular flexibility index (Phi) is 11.1. The van der Waals surface area contributed by atoms with Crippen molar-refractivity contribution in [2.75, 3.05) is 0 Å². The molecule has 0 amide bonds. The summed E-state index contributed by atoms with van der Waals surface area (Å²) in [5, 5.41) is 4.95. The molecule has 0 N–H and O–H groups in total. The minimum atomic E-state index is -0.552. The zero-order valence-electron chi connectivity index (χ0n) is 10.9. The third-order valence-electron chi connectivity index (χ3n) is 2.65. The van der Waals surface area contributed by atoms with E-state index in [1.807, 2.05) is 0 Å². The number of unbranched alkanes of at least 4 members (excludes halogenated alkanes) is 3. The van der Waals surface area contributed by atoms with Gasteiger partial charge in [-0.2, -0.15) is 0 Å². The van der Waals surface area contributed by atoms with E-state index in [9.17, 15) is 0 Å². The summed E-state index contributed by atoms with van der Waals surface area (Å²) in [6.45, 7) is 6.99. The van der Waals surface area contributed by atoms with Crippen molar-refractivity contribution in [3.63, 3.8) is 0 Å². The molecule has 0 nitrogen and oxygen atoms in total. The van der Waals surface area contributed by atoms with Crippen molar-refractivity contribution in [2.24, 2.45) is 0 Å². The molecule has 0 aromatic carbocycles. The molecule has 0 unspecified atom stereocenters. The first-order chi connectivity index (χ1) is 6.35. The second-order valence-corrected chi connectivity index (χ2v) is 10.4. The van der Waals surface area contributed by atoms with Crippen LogP contribution in [0.25, 0.3) is 0 Å². The van der Waals surface area contributed by atoms with Gasteiger partial charge < -0.3 is 1.43 Å². The predicted octanol–water partition coefficient (Wildman–Crippen LogP) is 4.99. The van der Waals surface area contributed by atoms with Crippen LogP contribution in [0.3, 0.4) is 0 Å². The molecule has 0 aromatic rings. The molecule has 0 rings (SSSR count). The van der Waals surface area contributed by atoms with Crippen LogP contribution in [0.2, 0.25) is 15.8 Å². The van der Waals surface area contributed by atoms with E-state index in [0.29, 0.717) is 0 Å². The molecule has 0 saturated carbocycles. The summed E-state index contributed by atoms with van der Waals surface area (Å²) in [7, 11) is 0. The minimum absolute atomic E-state index is 0. The van der Waals surface area contributed by atoms with Gasteiger partial charge in [0.1, 0.15) is 0 Å². The predicted molar refractivity (Wildman–Crippen MR) is 66.0 cm³/mol. The number of rotatable bonds is 9. The fourth-order valence-corrected chi connectivity index (χ4v) is 8.60. The molecule has 0 bridgehead atoms. The Morgan fingerprint density at radius 3 is 1.23 bits per heavy atom. The zero-order valence-corrected chi connectivity index (χ0v) is 12.0. The fourth-order valence-electron chi connectivity index (χ4n) is 1.66. The normalized spacial score (nSPS) is 11.1. The van der Waals surface area contributed by atoms with Gasteiger partial charge in [0, 0.05) is 0 Å². The Morgan fingerprint density at radius 1 is 0.692 bits per heavy atom. The number of hydrogen-bond acceptors (Lipinski definition) is 0.